The molecule has 0 aliphatic heterocycles. The standard InChI is InChI=1S/C9H9BrN2S2/c1-6-3-13-4-7(6)2-11-9-12-8(10)5-14-9/h3-5H,2H2,1H3,(H,11,12). The molecule has 0 saturated carbocycles. The van der Waals surface area contributed by atoms with Crippen LogP contribution in [0.2, 0.25) is 0 Å². The number of rotatable bonds is 3. The lowest BCUT2D eigenvalue weighted by molar-refractivity contribution is 1.12. The molecule has 0 aromatic carbocycles. The van der Waals surface area contributed by atoms with E-state index in [1.165, 1.54) is 11.1 Å². The number of nitrogens with one attached hydrogen (secondary N) is 1. The summed E-state index contributed by atoms with van der Waals surface area (Å²) in [6.45, 7) is 2.99. The Hall–Kier alpha value is -0.390. The average molecular weight is 289 g/mol. The van der Waals surface area contributed by atoms with Crippen molar-refractivity contribution in [2.45, 2.75) is 13.5 Å². The molecule has 0 unspecified atom stereocenters. The number of hydrogen-bond donors (Lipinski definition) is 1. The summed E-state index contributed by atoms with van der Waals surface area (Å²) in [6, 6.07) is 0. The lowest BCUT2D eigenvalue weighted by Crippen LogP contribution is -1.98. The summed E-state index contributed by atoms with van der Waals surface area (Å²) in [5.74, 6) is 0. The van der Waals surface area contributed by atoms with E-state index in [1.54, 1.807) is 22.7 Å². The first-order chi connectivity index (χ1) is 6.75. The number of hydrogen-bond acceptors (Lipinski definition) is 4. The van der Waals surface area contributed by atoms with E-state index in [4.69, 9.17) is 0 Å². The Morgan fingerprint density at radius 1 is 1.43 bits per heavy atom. The Balaban J connectivity index is 1.98. The molecule has 14 heavy (non-hydrogen) atoms. The largest absolute Gasteiger partial charge is 0.357 e. The van der Waals surface area contributed by atoms with Gasteiger partial charge in [-0.15, -0.1) is 11.3 Å². The van der Waals surface area contributed by atoms with E-state index in [0.717, 1.165) is 16.3 Å². The number of nitrogens with zero attached hydrogens (tertiary/aromatic N) is 1. The van der Waals surface area contributed by atoms with Gasteiger partial charge in [-0.2, -0.15) is 11.3 Å². The molecule has 1 N–H and O–H groups in total. The van der Waals surface area contributed by atoms with Crippen molar-refractivity contribution in [1.82, 2.24) is 4.98 Å². The normalized spacial score (nSPS) is 10.4. The first-order valence-corrected chi connectivity index (χ1v) is 6.74. The molecule has 5 heteroatoms. The molecule has 2 aromatic heterocycles. The van der Waals surface area contributed by atoms with E-state index in [2.05, 4.69) is 43.9 Å². The van der Waals surface area contributed by atoms with Gasteiger partial charge in [0.15, 0.2) is 5.13 Å². The lowest BCUT2D eigenvalue weighted by Gasteiger charge is -2.00. The van der Waals surface area contributed by atoms with Crippen LogP contribution in [-0.2, 0) is 6.54 Å². The predicted octanol–water partition coefficient (Wildman–Crippen LogP) is 3.89. The van der Waals surface area contributed by atoms with Crippen LogP contribution >= 0.6 is 38.6 Å². The van der Waals surface area contributed by atoms with Crippen LogP contribution in [0.25, 0.3) is 0 Å². The third-order valence-corrected chi connectivity index (χ3v) is 4.29. The van der Waals surface area contributed by atoms with Crippen LogP contribution in [0.5, 0.6) is 0 Å². The smallest absolute Gasteiger partial charge is 0.184 e. The van der Waals surface area contributed by atoms with Crippen LogP contribution in [0.4, 0.5) is 5.13 Å². The zero-order valence-corrected chi connectivity index (χ0v) is 10.8. The van der Waals surface area contributed by atoms with Gasteiger partial charge in [0, 0.05) is 11.9 Å². The Bertz CT molecular complexity index is 422. The third-order valence-electron chi connectivity index (χ3n) is 1.87. The number of halogens is 1. The SMILES string of the molecule is Cc1cscc1CNc1nc(Br)cs1. The minimum absolute atomic E-state index is 0.856. The monoisotopic (exact) mass is 288 g/mol. The number of aromatic nitrogens is 1. The second-order valence-electron chi connectivity index (χ2n) is 2.91. The van der Waals surface area contributed by atoms with E-state index < -0.39 is 0 Å². The molecule has 74 valence electrons. The van der Waals surface area contributed by atoms with Crippen LogP contribution < -0.4 is 5.32 Å². The van der Waals surface area contributed by atoms with Gasteiger partial charge in [-0.3, -0.25) is 0 Å². The molecule has 2 heterocycles. The molecule has 0 radical (unpaired) electrons. The highest BCUT2D eigenvalue weighted by Crippen LogP contribution is 2.21. The topological polar surface area (TPSA) is 24.9 Å². The number of anilines is 1. The lowest BCUT2D eigenvalue weighted by atomic mass is 10.2. The molecule has 2 aromatic rings. The zero-order chi connectivity index (χ0) is 9.97. The Morgan fingerprint density at radius 3 is 2.86 bits per heavy atom. The molecule has 2 nitrogen and oxygen atoms in total. The highest BCUT2D eigenvalue weighted by molar-refractivity contribution is 9.10. The van der Waals surface area contributed by atoms with Gasteiger partial charge in [-0.05, 0) is 44.7 Å². The summed E-state index contributed by atoms with van der Waals surface area (Å²) in [4.78, 5) is 4.27. The number of aryl methyl sites for hydroxylation is 1. The minimum Gasteiger partial charge on any atom is -0.357 e. The summed E-state index contributed by atoms with van der Waals surface area (Å²) in [5, 5.41) is 10.6. The summed E-state index contributed by atoms with van der Waals surface area (Å²) in [6.07, 6.45) is 0. The van der Waals surface area contributed by atoms with E-state index in [-0.39, 0.29) is 0 Å². The van der Waals surface area contributed by atoms with Crippen molar-refractivity contribution in [3.8, 4) is 0 Å². The third kappa shape index (κ3) is 2.34. The van der Waals surface area contributed by atoms with Crippen molar-refractivity contribution in [2.75, 3.05) is 5.32 Å². The second-order valence-corrected chi connectivity index (χ2v) is 5.32. The maximum Gasteiger partial charge on any atom is 0.184 e. The maximum absolute atomic E-state index is 4.27. The van der Waals surface area contributed by atoms with Crippen LogP contribution in [0, 0.1) is 6.92 Å². The van der Waals surface area contributed by atoms with Crippen molar-refractivity contribution < 1.29 is 0 Å². The zero-order valence-electron chi connectivity index (χ0n) is 7.58. The molecule has 0 aliphatic rings. The van der Waals surface area contributed by atoms with E-state index in [1.807, 2.05) is 5.38 Å². The van der Waals surface area contributed by atoms with Gasteiger partial charge in [0.25, 0.3) is 0 Å². The van der Waals surface area contributed by atoms with Gasteiger partial charge in [-0.25, -0.2) is 4.98 Å². The molecule has 0 aliphatic carbocycles. The minimum atomic E-state index is 0.856. The van der Waals surface area contributed by atoms with E-state index in [9.17, 15) is 0 Å². The maximum atomic E-state index is 4.27. The number of thiazole rings is 1. The van der Waals surface area contributed by atoms with Gasteiger partial charge in [0.05, 0.1) is 0 Å². The first kappa shape index (κ1) is 10.1. The van der Waals surface area contributed by atoms with Crippen molar-refractivity contribution in [3.05, 3.63) is 31.9 Å². The fourth-order valence-electron chi connectivity index (χ4n) is 1.07. The molecule has 0 saturated heterocycles. The van der Waals surface area contributed by atoms with Crippen molar-refractivity contribution in [3.63, 3.8) is 0 Å². The van der Waals surface area contributed by atoms with E-state index >= 15 is 0 Å². The van der Waals surface area contributed by atoms with Crippen molar-refractivity contribution in [2.24, 2.45) is 0 Å². The van der Waals surface area contributed by atoms with Crippen molar-refractivity contribution >= 4 is 43.7 Å². The van der Waals surface area contributed by atoms with Crippen LogP contribution in [0.1, 0.15) is 11.1 Å². The molecule has 0 amide bonds. The Labute approximate surface area is 99.1 Å². The first-order valence-electron chi connectivity index (χ1n) is 4.12. The average Bonchev–Trinajstić information content (AvgIpc) is 2.72. The van der Waals surface area contributed by atoms with Gasteiger partial charge in [0.1, 0.15) is 4.60 Å². The Kier molecular flexibility index (Phi) is 3.20. The fraction of sp³-hybridized carbons (Fsp3) is 0.222. The van der Waals surface area contributed by atoms with Gasteiger partial charge >= 0.3 is 0 Å². The van der Waals surface area contributed by atoms with Crippen LogP contribution in [-0.4, -0.2) is 4.98 Å². The summed E-state index contributed by atoms with van der Waals surface area (Å²) in [5.41, 5.74) is 2.69. The molecule has 0 fully saturated rings. The number of thiophene rings is 1. The quantitative estimate of drug-likeness (QED) is 0.927. The van der Waals surface area contributed by atoms with Gasteiger partial charge < -0.3 is 5.32 Å². The fourth-order valence-corrected chi connectivity index (χ4v) is 3.07. The Morgan fingerprint density at radius 2 is 2.29 bits per heavy atom. The summed E-state index contributed by atoms with van der Waals surface area (Å²) in [7, 11) is 0. The molecular weight excluding hydrogens is 280 g/mol. The summed E-state index contributed by atoms with van der Waals surface area (Å²) >= 11 is 6.68. The van der Waals surface area contributed by atoms with Crippen LogP contribution in [0.15, 0.2) is 20.7 Å². The molecule has 0 spiro atoms. The van der Waals surface area contributed by atoms with Gasteiger partial charge in [-0.1, -0.05) is 0 Å². The summed E-state index contributed by atoms with van der Waals surface area (Å²) < 4.78 is 0.895. The predicted molar refractivity (Wildman–Crippen MR) is 66.2 cm³/mol. The van der Waals surface area contributed by atoms with Crippen LogP contribution in [0.3, 0.4) is 0 Å². The molecule has 0 atom stereocenters. The molecule has 2 rings (SSSR count). The molecule has 0 bridgehead atoms. The highest BCUT2D eigenvalue weighted by atomic mass is 79.9. The highest BCUT2D eigenvalue weighted by Gasteiger charge is 2.01. The second kappa shape index (κ2) is 4.42. The van der Waals surface area contributed by atoms with E-state index in [0.29, 0.717) is 0 Å². The molecular formula is C9H9BrN2S2. The van der Waals surface area contributed by atoms with Gasteiger partial charge in [0.2, 0.25) is 0 Å². The van der Waals surface area contributed by atoms with Crippen molar-refractivity contribution in [1.29, 1.82) is 0 Å².